The summed E-state index contributed by atoms with van der Waals surface area (Å²) in [5.74, 6) is 1.30. The third kappa shape index (κ3) is 5.73. The van der Waals surface area contributed by atoms with Crippen LogP contribution in [0.25, 0.3) is 22.2 Å². The van der Waals surface area contributed by atoms with Gasteiger partial charge in [-0.25, -0.2) is 4.98 Å². The van der Waals surface area contributed by atoms with Crippen molar-refractivity contribution in [2.45, 2.75) is 33.7 Å². The lowest BCUT2D eigenvalue weighted by molar-refractivity contribution is 0.0904. The predicted octanol–water partition coefficient (Wildman–Crippen LogP) is 5.38. The van der Waals surface area contributed by atoms with Crippen LogP contribution in [0.1, 0.15) is 23.6 Å². The fourth-order valence-corrected chi connectivity index (χ4v) is 5.06. The van der Waals surface area contributed by atoms with Crippen LogP contribution in [0.5, 0.6) is 5.75 Å². The van der Waals surface area contributed by atoms with Crippen molar-refractivity contribution in [1.29, 1.82) is 0 Å². The van der Waals surface area contributed by atoms with Gasteiger partial charge in [-0.2, -0.15) is 0 Å². The maximum absolute atomic E-state index is 6.14. The molecule has 0 radical (unpaired) electrons. The molecule has 4 aromatic rings. The number of rotatable bonds is 7. The fraction of sp³-hybridized carbons (Fsp3) is 0.367. The molecule has 5 rings (SSSR count). The number of hydrogen-bond acceptors (Lipinski definition) is 7. The van der Waals surface area contributed by atoms with E-state index in [2.05, 4.69) is 90.4 Å². The lowest BCUT2D eigenvalue weighted by Gasteiger charge is -2.36. The third-order valence-electron chi connectivity index (χ3n) is 7.26. The van der Waals surface area contributed by atoms with Crippen molar-refractivity contribution >= 4 is 22.7 Å². The summed E-state index contributed by atoms with van der Waals surface area (Å²) in [4.78, 5) is 9.65. The average Bonchev–Trinajstić information content (AvgIpc) is 2.88. The van der Waals surface area contributed by atoms with Crippen LogP contribution in [0, 0.1) is 20.8 Å². The molecule has 2 heterocycles. The first-order valence-corrected chi connectivity index (χ1v) is 13.0. The van der Waals surface area contributed by atoms with Crippen LogP contribution in [-0.2, 0) is 0 Å². The van der Waals surface area contributed by atoms with Gasteiger partial charge in [0.2, 0.25) is 5.95 Å². The first-order chi connectivity index (χ1) is 17.9. The number of hydrogen-bond donors (Lipinski definition) is 1. The van der Waals surface area contributed by atoms with E-state index in [1.165, 1.54) is 16.7 Å². The first-order valence-electron chi connectivity index (χ1n) is 13.0. The van der Waals surface area contributed by atoms with Crippen LogP contribution in [-0.4, -0.2) is 70.9 Å². The number of aromatic nitrogens is 3. The van der Waals surface area contributed by atoms with Crippen LogP contribution in [0.15, 0.2) is 54.6 Å². The van der Waals surface area contributed by atoms with Gasteiger partial charge in [0, 0.05) is 44.0 Å². The molecule has 1 saturated heterocycles. The second-order valence-corrected chi connectivity index (χ2v) is 10.2. The van der Waals surface area contributed by atoms with E-state index in [0.717, 1.165) is 59.8 Å². The number of fused-ring (bicyclic) bond motifs is 1. The zero-order valence-corrected chi connectivity index (χ0v) is 22.5. The highest BCUT2D eigenvalue weighted by Crippen LogP contribution is 2.31. The number of benzene rings is 3. The molecule has 1 aromatic heterocycles. The van der Waals surface area contributed by atoms with Gasteiger partial charge in [0.15, 0.2) is 0 Å². The summed E-state index contributed by atoms with van der Waals surface area (Å²) in [5.41, 5.74) is 8.47. The Labute approximate surface area is 219 Å². The molecule has 1 fully saturated rings. The largest absolute Gasteiger partial charge is 0.492 e. The van der Waals surface area contributed by atoms with Gasteiger partial charge in [-0.05, 0) is 86.8 Å². The molecule has 0 aliphatic carbocycles. The van der Waals surface area contributed by atoms with E-state index in [0.29, 0.717) is 18.6 Å². The van der Waals surface area contributed by atoms with Crippen LogP contribution in [0.2, 0.25) is 0 Å². The van der Waals surface area contributed by atoms with Gasteiger partial charge >= 0.3 is 0 Å². The molecule has 1 aliphatic rings. The molecule has 7 nitrogen and oxygen atoms in total. The van der Waals surface area contributed by atoms with Gasteiger partial charge in [0.05, 0.1) is 5.52 Å². The van der Waals surface area contributed by atoms with Crippen LogP contribution in [0.3, 0.4) is 0 Å². The van der Waals surface area contributed by atoms with Crippen molar-refractivity contribution in [3.63, 3.8) is 0 Å². The van der Waals surface area contributed by atoms with Gasteiger partial charge < -0.3 is 15.0 Å². The molecule has 1 atom stereocenters. The van der Waals surface area contributed by atoms with E-state index in [-0.39, 0.29) is 0 Å². The van der Waals surface area contributed by atoms with Crippen molar-refractivity contribution in [2.75, 3.05) is 45.2 Å². The number of piperazine rings is 1. The Morgan fingerprint density at radius 2 is 1.62 bits per heavy atom. The van der Waals surface area contributed by atoms with Crippen LogP contribution in [0.4, 0.5) is 11.6 Å². The van der Waals surface area contributed by atoms with Crippen molar-refractivity contribution in [1.82, 2.24) is 25.0 Å². The maximum Gasteiger partial charge on any atom is 0.247 e. The van der Waals surface area contributed by atoms with Crippen molar-refractivity contribution < 1.29 is 4.74 Å². The van der Waals surface area contributed by atoms with E-state index in [4.69, 9.17) is 9.72 Å². The molecule has 0 bridgehead atoms. The second kappa shape index (κ2) is 10.8. The molecule has 1 aliphatic heterocycles. The molecule has 3 aromatic carbocycles. The quantitative estimate of drug-likeness (QED) is 0.369. The van der Waals surface area contributed by atoms with Gasteiger partial charge in [-0.15, -0.1) is 10.2 Å². The minimum Gasteiger partial charge on any atom is -0.492 e. The fourth-order valence-electron chi connectivity index (χ4n) is 5.06. The summed E-state index contributed by atoms with van der Waals surface area (Å²) in [6, 6.07) is 19.0. The van der Waals surface area contributed by atoms with Crippen LogP contribution < -0.4 is 10.1 Å². The van der Waals surface area contributed by atoms with E-state index < -0.39 is 0 Å². The number of likely N-dealkylation sites (N-methyl/N-ethyl adjacent to an activating group) is 1. The second-order valence-electron chi connectivity index (χ2n) is 10.2. The summed E-state index contributed by atoms with van der Waals surface area (Å²) in [6.45, 7) is 13.6. The number of nitrogens with zero attached hydrogens (tertiary/aromatic N) is 5. The van der Waals surface area contributed by atoms with E-state index >= 15 is 0 Å². The van der Waals surface area contributed by atoms with Gasteiger partial charge in [0.1, 0.15) is 17.9 Å². The number of ether oxygens (including phenoxy) is 1. The Morgan fingerprint density at radius 3 is 2.38 bits per heavy atom. The molecule has 0 amide bonds. The maximum atomic E-state index is 6.14. The molecular weight excluding hydrogens is 460 g/mol. The van der Waals surface area contributed by atoms with Crippen molar-refractivity contribution in [2.24, 2.45) is 0 Å². The standard InChI is InChI=1S/C30H36N6O/c1-20-8-6-9-21(2)28(20)24-16-22(3)29-27(17-24)33-34-30(32-29)31-25-10-7-11-26(18-25)37-19-23(4)36-14-12-35(5)13-15-36/h6-11,16-18,23H,12-15,19H2,1-5H3,(H,31,32,34). The highest BCUT2D eigenvalue weighted by atomic mass is 16.5. The van der Waals surface area contributed by atoms with Gasteiger partial charge in [-0.1, -0.05) is 24.3 Å². The average molecular weight is 497 g/mol. The minimum absolute atomic E-state index is 0.370. The van der Waals surface area contributed by atoms with Gasteiger partial charge in [-0.3, -0.25) is 4.90 Å². The Hall–Kier alpha value is -3.55. The highest BCUT2D eigenvalue weighted by Gasteiger charge is 2.19. The monoisotopic (exact) mass is 496 g/mol. The smallest absolute Gasteiger partial charge is 0.247 e. The third-order valence-corrected chi connectivity index (χ3v) is 7.26. The molecule has 37 heavy (non-hydrogen) atoms. The number of aryl methyl sites for hydroxylation is 3. The zero-order chi connectivity index (χ0) is 25.9. The highest BCUT2D eigenvalue weighted by molar-refractivity contribution is 5.86. The summed E-state index contributed by atoms with van der Waals surface area (Å²) < 4.78 is 6.14. The topological polar surface area (TPSA) is 66.4 Å². The first kappa shape index (κ1) is 25.1. The summed E-state index contributed by atoms with van der Waals surface area (Å²) in [7, 11) is 2.18. The summed E-state index contributed by atoms with van der Waals surface area (Å²) >= 11 is 0. The Morgan fingerprint density at radius 1 is 0.892 bits per heavy atom. The molecule has 0 saturated carbocycles. The lowest BCUT2D eigenvalue weighted by Crippen LogP contribution is -2.49. The Kier molecular flexibility index (Phi) is 7.35. The Balaban J connectivity index is 1.29. The van der Waals surface area contributed by atoms with E-state index in [1.54, 1.807) is 0 Å². The minimum atomic E-state index is 0.370. The Bertz CT molecular complexity index is 1380. The molecule has 7 heteroatoms. The van der Waals surface area contributed by atoms with Crippen LogP contribution >= 0.6 is 0 Å². The molecule has 1 unspecified atom stereocenters. The summed E-state index contributed by atoms with van der Waals surface area (Å²) in [5, 5.41) is 12.2. The number of anilines is 2. The van der Waals surface area contributed by atoms with Crippen molar-refractivity contribution in [3.8, 4) is 16.9 Å². The number of nitrogens with one attached hydrogen (secondary N) is 1. The molecular formula is C30H36N6O. The van der Waals surface area contributed by atoms with Crippen molar-refractivity contribution in [3.05, 3.63) is 71.3 Å². The zero-order valence-electron chi connectivity index (χ0n) is 22.5. The van der Waals surface area contributed by atoms with E-state index in [9.17, 15) is 0 Å². The molecule has 1 N–H and O–H groups in total. The lowest BCUT2D eigenvalue weighted by atomic mass is 9.94. The van der Waals surface area contributed by atoms with Gasteiger partial charge in [0.25, 0.3) is 0 Å². The summed E-state index contributed by atoms with van der Waals surface area (Å²) in [6.07, 6.45) is 0. The SMILES string of the molecule is Cc1cccc(C)c1-c1cc(C)c2nc(Nc3cccc(OCC(C)N4CCN(C)CC4)c3)nnc2c1. The normalized spacial score (nSPS) is 15.6. The predicted molar refractivity (Wildman–Crippen MR) is 151 cm³/mol. The van der Waals surface area contributed by atoms with E-state index in [1.807, 2.05) is 24.3 Å². The molecule has 192 valence electrons. The molecule has 0 spiro atoms.